The van der Waals surface area contributed by atoms with Crippen LogP contribution in [0.25, 0.3) is 10.8 Å². The maximum atomic E-state index is 10.4. The molecule has 0 bridgehead atoms. The summed E-state index contributed by atoms with van der Waals surface area (Å²) in [6.07, 6.45) is -0.599. The number of benzene rings is 2. The van der Waals surface area contributed by atoms with Crippen molar-refractivity contribution in [3.05, 3.63) is 69.4 Å². The van der Waals surface area contributed by atoms with Crippen LogP contribution < -0.4 is 0 Å². The highest BCUT2D eigenvalue weighted by molar-refractivity contribution is 7.08. The summed E-state index contributed by atoms with van der Waals surface area (Å²) in [7, 11) is 0. The molecule has 0 amide bonds. The molecule has 1 aromatic heterocycles. The Kier molecular flexibility index (Phi) is 3.08. The highest BCUT2D eigenvalue weighted by atomic mass is 35.5. The molecule has 1 heterocycles. The maximum Gasteiger partial charge on any atom is 0.105 e. The fraction of sp³-hybridized carbons (Fsp3) is 0.0667. The molecule has 0 radical (unpaired) electrons. The molecule has 3 heteroatoms. The lowest BCUT2D eigenvalue weighted by molar-refractivity contribution is 0.222. The van der Waals surface area contributed by atoms with Crippen molar-refractivity contribution in [3.63, 3.8) is 0 Å². The molecule has 0 aliphatic carbocycles. The van der Waals surface area contributed by atoms with E-state index < -0.39 is 6.10 Å². The Balaban J connectivity index is 2.21. The molecule has 0 aliphatic rings. The van der Waals surface area contributed by atoms with E-state index in [-0.39, 0.29) is 0 Å². The normalized spacial score (nSPS) is 12.8. The number of hydrogen-bond donors (Lipinski definition) is 1. The summed E-state index contributed by atoms with van der Waals surface area (Å²) < 4.78 is 0. The predicted octanol–water partition coefficient (Wildman–Crippen LogP) is 4.64. The Morgan fingerprint density at radius 1 is 1.00 bits per heavy atom. The standard InChI is InChI=1S/C15H11ClOS/c16-14-6-5-13(11-3-1-2-4-12(11)14)15(17)10-7-8-18-9-10/h1-9,15,17H. The summed E-state index contributed by atoms with van der Waals surface area (Å²) in [5, 5.41) is 17.1. The van der Waals surface area contributed by atoms with Crippen LogP contribution >= 0.6 is 22.9 Å². The molecular weight excluding hydrogens is 264 g/mol. The summed E-state index contributed by atoms with van der Waals surface area (Å²) in [5.41, 5.74) is 1.82. The van der Waals surface area contributed by atoms with Crippen LogP contribution in [0.5, 0.6) is 0 Å². The van der Waals surface area contributed by atoms with E-state index in [1.807, 2.05) is 53.2 Å². The summed E-state index contributed by atoms with van der Waals surface area (Å²) in [6.45, 7) is 0. The zero-order valence-corrected chi connectivity index (χ0v) is 11.1. The molecule has 18 heavy (non-hydrogen) atoms. The third-order valence-corrected chi connectivity index (χ3v) is 4.09. The van der Waals surface area contributed by atoms with Crippen molar-refractivity contribution in [2.24, 2.45) is 0 Å². The van der Waals surface area contributed by atoms with Crippen LogP contribution in [0.3, 0.4) is 0 Å². The first-order valence-corrected chi connectivity index (χ1v) is 6.97. The summed E-state index contributed by atoms with van der Waals surface area (Å²) in [4.78, 5) is 0. The minimum absolute atomic E-state index is 0.599. The van der Waals surface area contributed by atoms with E-state index in [1.54, 1.807) is 11.3 Å². The Morgan fingerprint density at radius 2 is 1.78 bits per heavy atom. The van der Waals surface area contributed by atoms with Gasteiger partial charge in [-0.15, -0.1) is 0 Å². The van der Waals surface area contributed by atoms with Crippen LogP contribution in [0.4, 0.5) is 0 Å². The zero-order chi connectivity index (χ0) is 12.5. The number of halogens is 1. The minimum atomic E-state index is -0.599. The average Bonchev–Trinajstić information content (AvgIpc) is 2.93. The van der Waals surface area contributed by atoms with E-state index >= 15 is 0 Å². The fourth-order valence-corrected chi connectivity index (χ4v) is 3.04. The van der Waals surface area contributed by atoms with Crippen molar-refractivity contribution in [2.75, 3.05) is 0 Å². The Hall–Kier alpha value is -1.35. The van der Waals surface area contributed by atoms with Crippen LogP contribution in [0, 0.1) is 0 Å². The van der Waals surface area contributed by atoms with Gasteiger partial charge in [-0.2, -0.15) is 11.3 Å². The summed E-state index contributed by atoms with van der Waals surface area (Å²) in [5.74, 6) is 0. The first-order valence-electron chi connectivity index (χ1n) is 5.64. The van der Waals surface area contributed by atoms with Gasteiger partial charge in [0.2, 0.25) is 0 Å². The highest BCUT2D eigenvalue weighted by Crippen LogP contribution is 2.33. The molecule has 0 saturated heterocycles. The Labute approximate surface area is 114 Å². The molecule has 1 nitrogen and oxygen atoms in total. The summed E-state index contributed by atoms with van der Waals surface area (Å²) >= 11 is 7.76. The van der Waals surface area contributed by atoms with E-state index in [2.05, 4.69) is 0 Å². The monoisotopic (exact) mass is 274 g/mol. The van der Waals surface area contributed by atoms with E-state index in [0.29, 0.717) is 5.02 Å². The van der Waals surface area contributed by atoms with Gasteiger partial charge in [0.25, 0.3) is 0 Å². The second-order valence-electron chi connectivity index (χ2n) is 4.14. The number of hydrogen-bond acceptors (Lipinski definition) is 2. The van der Waals surface area contributed by atoms with Gasteiger partial charge in [-0.05, 0) is 39.4 Å². The molecule has 3 rings (SSSR count). The first-order chi connectivity index (χ1) is 8.77. The zero-order valence-electron chi connectivity index (χ0n) is 9.51. The number of thiophene rings is 1. The molecule has 0 saturated carbocycles. The van der Waals surface area contributed by atoms with Gasteiger partial charge in [-0.25, -0.2) is 0 Å². The quantitative estimate of drug-likeness (QED) is 0.722. The van der Waals surface area contributed by atoms with Gasteiger partial charge in [0.1, 0.15) is 6.10 Å². The van der Waals surface area contributed by atoms with Gasteiger partial charge in [0, 0.05) is 10.4 Å². The highest BCUT2D eigenvalue weighted by Gasteiger charge is 2.14. The van der Waals surface area contributed by atoms with E-state index in [9.17, 15) is 5.11 Å². The smallest absolute Gasteiger partial charge is 0.105 e. The molecule has 1 atom stereocenters. The van der Waals surface area contributed by atoms with Crippen molar-refractivity contribution >= 4 is 33.7 Å². The molecular formula is C15H11ClOS. The lowest BCUT2D eigenvalue weighted by Gasteiger charge is -2.13. The van der Waals surface area contributed by atoms with Gasteiger partial charge in [-0.1, -0.05) is 41.9 Å². The van der Waals surface area contributed by atoms with Gasteiger partial charge in [-0.3, -0.25) is 0 Å². The van der Waals surface area contributed by atoms with Crippen molar-refractivity contribution in [1.29, 1.82) is 0 Å². The molecule has 0 aliphatic heterocycles. The Morgan fingerprint density at radius 3 is 2.50 bits per heavy atom. The molecule has 0 fully saturated rings. The fourth-order valence-electron chi connectivity index (χ4n) is 2.13. The second-order valence-corrected chi connectivity index (χ2v) is 5.33. The van der Waals surface area contributed by atoms with Gasteiger partial charge >= 0.3 is 0 Å². The van der Waals surface area contributed by atoms with E-state index in [4.69, 9.17) is 11.6 Å². The lowest BCUT2D eigenvalue weighted by atomic mass is 9.97. The number of aliphatic hydroxyl groups excluding tert-OH is 1. The maximum absolute atomic E-state index is 10.4. The third-order valence-electron chi connectivity index (χ3n) is 3.06. The predicted molar refractivity (Wildman–Crippen MR) is 77.3 cm³/mol. The lowest BCUT2D eigenvalue weighted by Crippen LogP contribution is -1.99. The summed E-state index contributed by atoms with van der Waals surface area (Å²) in [6, 6.07) is 13.6. The Bertz CT molecular complexity index is 676. The molecule has 90 valence electrons. The van der Waals surface area contributed by atoms with Crippen LogP contribution in [0.15, 0.2) is 53.2 Å². The number of rotatable bonds is 2. The molecule has 3 aromatic rings. The van der Waals surface area contributed by atoms with E-state index in [1.165, 1.54) is 0 Å². The largest absolute Gasteiger partial charge is 0.384 e. The molecule has 1 N–H and O–H groups in total. The van der Waals surface area contributed by atoms with Gasteiger partial charge in [0.05, 0.1) is 0 Å². The van der Waals surface area contributed by atoms with Crippen molar-refractivity contribution in [2.45, 2.75) is 6.10 Å². The molecule has 1 unspecified atom stereocenters. The van der Waals surface area contributed by atoms with E-state index in [0.717, 1.165) is 21.9 Å². The number of aliphatic hydroxyl groups is 1. The van der Waals surface area contributed by atoms with Crippen molar-refractivity contribution in [1.82, 2.24) is 0 Å². The van der Waals surface area contributed by atoms with Gasteiger partial charge < -0.3 is 5.11 Å². The average molecular weight is 275 g/mol. The van der Waals surface area contributed by atoms with Gasteiger partial charge in [0.15, 0.2) is 0 Å². The third kappa shape index (κ3) is 1.93. The minimum Gasteiger partial charge on any atom is -0.384 e. The van der Waals surface area contributed by atoms with Crippen molar-refractivity contribution in [3.8, 4) is 0 Å². The molecule has 2 aromatic carbocycles. The van der Waals surface area contributed by atoms with Crippen LogP contribution in [-0.2, 0) is 0 Å². The van der Waals surface area contributed by atoms with Crippen molar-refractivity contribution < 1.29 is 5.11 Å². The second kappa shape index (κ2) is 4.73. The SMILES string of the molecule is OC(c1ccsc1)c1ccc(Cl)c2ccccc12. The van der Waals surface area contributed by atoms with Crippen LogP contribution in [0.1, 0.15) is 17.2 Å². The number of fused-ring (bicyclic) bond motifs is 1. The molecule has 0 spiro atoms. The van der Waals surface area contributed by atoms with Crippen LogP contribution in [0.2, 0.25) is 5.02 Å². The first kappa shape index (κ1) is 11.7. The topological polar surface area (TPSA) is 20.2 Å². The van der Waals surface area contributed by atoms with Crippen LogP contribution in [-0.4, -0.2) is 5.11 Å².